The van der Waals surface area contributed by atoms with Gasteiger partial charge in [0.15, 0.2) is 0 Å². The van der Waals surface area contributed by atoms with Crippen LogP contribution in [-0.2, 0) is 0 Å². The lowest BCUT2D eigenvalue weighted by Crippen LogP contribution is -2.37. The van der Waals surface area contributed by atoms with Crippen LogP contribution >= 0.6 is 11.8 Å². The molecule has 0 aliphatic heterocycles. The van der Waals surface area contributed by atoms with Gasteiger partial charge in [-0.1, -0.05) is 0 Å². The van der Waals surface area contributed by atoms with Crippen molar-refractivity contribution in [1.29, 1.82) is 0 Å². The van der Waals surface area contributed by atoms with E-state index in [-0.39, 0.29) is 16.3 Å². The van der Waals surface area contributed by atoms with Gasteiger partial charge in [0.1, 0.15) is 11.1 Å². The molecule has 0 aliphatic rings. The first-order valence-corrected chi connectivity index (χ1v) is 6.48. The van der Waals surface area contributed by atoms with Gasteiger partial charge in [0.25, 0.3) is 12.3 Å². The number of nitrogens with one attached hydrogen (secondary N) is 2. The Balaban J connectivity index is 2.91. The van der Waals surface area contributed by atoms with E-state index in [2.05, 4.69) is 15.3 Å². The van der Waals surface area contributed by atoms with Crippen LogP contribution in [-0.4, -0.2) is 46.3 Å². The molecule has 0 saturated heterocycles. The number of aromatic nitrogens is 2. The first-order valence-electron chi connectivity index (χ1n) is 5.26. The fourth-order valence-corrected chi connectivity index (χ4v) is 1.97. The SMILES string of the molecule is CSc1nc(=O)[nH]c(C)c1C(=O)NCC(O)C(F)F. The van der Waals surface area contributed by atoms with Crippen LogP contribution in [0.15, 0.2) is 9.82 Å². The van der Waals surface area contributed by atoms with Gasteiger partial charge in [-0.15, -0.1) is 11.8 Å². The van der Waals surface area contributed by atoms with Gasteiger partial charge in [0.05, 0.1) is 5.56 Å². The molecule has 0 spiro atoms. The lowest BCUT2D eigenvalue weighted by Gasteiger charge is -2.13. The van der Waals surface area contributed by atoms with Crippen molar-refractivity contribution in [2.75, 3.05) is 12.8 Å². The standard InChI is InChI=1S/C10H13F2N3O3S/c1-4-6(9(19-2)15-10(18)14-4)8(17)13-3-5(16)7(11)12/h5,7,16H,3H2,1-2H3,(H,13,17)(H,14,15,18). The molecule has 3 N–H and O–H groups in total. The maximum Gasteiger partial charge on any atom is 0.346 e. The minimum Gasteiger partial charge on any atom is -0.385 e. The Labute approximate surface area is 111 Å². The van der Waals surface area contributed by atoms with Crippen molar-refractivity contribution in [3.8, 4) is 0 Å². The van der Waals surface area contributed by atoms with Crippen LogP contribution in [0.5, 0.6) is 0 Å². The number of halogens is 2. The molecule has 19 heavy (non-hydrogen) atoms. The summed E-state index contributed by atoms with van der Waals surface area (Å²) in [4.78, 5) is 29.0. The number of amides is 1. The van der Waals surface area contributed by atoms with Crippen LogP contribution in [0.1, 0.15) is 16.1 Å². The normalized spacial score (nSPS) is 12.5. The predicted molar refractivity (Wildman–Crippen MR) is 65.7 cm³/mol. The second-order valence-electron chi connectivity index (χ2n) is 3.66. The predicted octanol–water partition coefficient (Wildman–Crippen LogP) is 0.156. The van der Waals surface area contributed by atoms with Crippen molar-refractivity contribution < 1.29 is 18.7 Å². The largest absolute Gasteiger partial charge is 0.385 e. The van der Waals surface area contributed by atoms with Gasteiger partial charge in [-0.2, -0.15) is 4.98 Å². The zero-order valence-corrected chi connectivity index (χ0v) is 11.1. The first-order chi connectivity index (χ1) is 8.86. The third kappa shape index (κ3) is 4.00. The van der Waals surface area contributed by atoms with Crippen LogP contribution in [0.3, 0.4) is 0 Å². The molecule has 0 radical (unpaired) electrons. The number of hydrogen-bond acceptors (Lipinski definition) is 5. The fraction of sp³-hybridized carbons (Fsp3) is 0.500. The molecule has 1 unspecified atom stereocenters. The molecule has 0 bridgehead atoms. The molecule has 1 aromatic rings. The van der Waals surface area contributed by atoms with Gasteiger partial charge in [-0.25, -0.2) is 13.6 Å². The minimum absolute atomic E-state index is 0.105. The number of rotatable bonds is 5. The summed E-state index contributed by atoms with van der Waals surface area (Å²) in [6, 6.07) is 0. The molecule has 1 rings (SSSR count). The number of hydrogen-bond donors (Lipinski definition) is 3. The Bertz CT molecular complexity index is 521. The van der Waals surface area contributed by atoms with Crippen LogP contribution in [0.4, 0.5) is 8.78 Å². The van der Waals surface area contributed by atoms with Gasteiger partial charge in [-0.05, 0) is 13.2 Å². The smallest absolute Gasteiger partial charge is 0.346 e. The van der Waals surface area contributed by atoms with Gasteiger partial charge >= 0.3 is 5.69 Å². The molecular formula is C10H13F2N3O3S. The number of aryl methyl sites for hydroxylation is 1. The van der Waals surface area contributed by atoms with Crippen LogP contribution in [0.25, 0.3) is 0 Å². The summed E-state index contributed by atoms with van der Waals surface area (Å²) < 4.78 is 24.2. The number of thioether (sulfide) groups is 1. The van der Waals surface area contributed by atoms with E-state index in [0.29, 0.717) is 0 Å². The third-order valence-electron chi connectivity index (χ3n) is 2.27. The molecule has 1 aromatic heterocycles. The molecule has 9 heteroatoms. The summed E-state index contributed by atoms with van der Waals surface area (Å²) in [6.45, 7) is 0.921. The van der Waals surface area contributed by atoms with Crippen molar-refractivity contribution in [1.82, 2.24) is 15.3 Å². The summed E-state index contributed by atoms with van der Waals surface area (Å²) in [7, 11) is 0. The number of carbonyl (C=O) groups is 1. The van der Waals surface area contributed by atoms with Crippen molar-refractivity contribution in [2.24, 2.45) is 0 Å². The number of aromatic amines is 1. The monoisotopic (exact) mass is 293 g/mol. The molecule has 106 valence electrons. The van der Waals surface area contributed by atoms with Gasteiger partial charge in [-0.3, -0.25) is 4.79 Å². The van der Waals surface area contributed by atoms with Crippen LogP contribution in [0.2, 0.25) is 0 Å². The molecule has 1 atom stereocenters. The average Bonchev–Trinajstić information content (AvgIpc) is 2.34. The number of carbonyl (C=O) groups excluding carboxylic acids is 1. The number of H-pyrrole nitrogens is 1. The summed E-state index contributed by atoms with van der Waals surface area (Å²) in [6.07, 6.45) is -3.24. The molecule has 0 aliphatic carbocycles. The molecule has 0 aromatic carbocycles. The Kier molecular flexibility index (Phi) is 5.43. The average molecular weight is 293 g/mol. The quantitative estimate of drug-likeness (QED) is 0.531. The fourth-order valence-electron chi connectivity index (χ4n) is 1.35. The molecular weight excluding hydrogens is 280 g/mol. The minimum atomic E-state index is -2.94. The van der Waals surface area contributed by atoms with E-state index in [4.69, 9.17) is 5.11 Å². The third-order valence-corrected chi connectivity index (χ3v) is 2.95. The van der Waals surface area contributed by atoms with Crippen molar-refractivity contribution >= 4 is 17.7 Å². The van der Waals surface area contributed by atoms with E-state index in [1.54, 1.807) is 6.26 Å². The maximum atomic E-state index is 12.1. The summed E-state index contributed by atoms with van der Waals surface area (Å²) in [5.74, 6) is -0.676. The van der Waals surface area contributed by atoms with Crippen LogP contribution in [0, 0.1) is 6.92 Å². The molecule has 0 fully saturated rings. The van der Waals surface area contributed by atoms with E-state index in [1.165, 1.54) is 6.92 Å². The highest BCUT2D eigenvalue weighted by atomic mass is 32.2. The zero-order valence-electron chi connectivity index (χ0n) is 10.2. The highest BCUT2D eigenvalue weighted by Gasteiger charge is 2.21. The van der Waals surface area contributed by atoms with E-state index in [1.807, 2.05) is 0 Å². The molecule has 6 nitrogen and oxygen atoms in total. The number of alkyl halides is 2. The van der Waals surface area contributed by atoms with Gasteiger partial charge in [0, 0.05) is 12.2 Å². The van der Waals surface area contributed by atoms with E-state index >= 15 is 0 Å². The number of aliphatic hydroxyl groups is 1. The Morgan fingerprint density at radius 2 is 2.21 bits per heavy atom. The topological polar surface area (TPSA) is 95.1 Å². The Hall–Kier alpha value is -1.48. The lowest BCUT2D eigenvalue weighted by molar-refractivity contribution is -0.00272. The van der Waals surface area contributed by atoms with Crippen molar-refractivity contribution in [2.45, 2.75) is 24.5 Å². The maximum absolute atomic E-state index is 12.1. The van der Waals surface area contributed by atoms with E-state index in [0.717, 1.165) is 11.8 Å². The second-order valence-corrected chi connectivity index (χ2v) is 4.46. The summed E-state index contributed by atoms with van der Waals surface area (Å²) in [5, 5.41) is 11.3. The highest BCUT2D eigenvalue weighted by Crippen LogP contribution is 2.17. The van der Waals surface area contributed by atoms with Crippen molar-refractivity contribution in [3.63, 3.8) is 0 Å². The molecule has 1 amide bonds. The van der Waals surface area contributed by atoms with Gasteiger partial charge in [0.2, 0.25) is 0 Å². The van der Waals surface area contributed by atoms with Crippen molar-refractivity contribution in [3.05, 3.63) is 21.7 Å². The lowest BCUT2D eigenvalue weighted by atomic mass is 10.2. The number of nitrogens with zero attached hydrogens (tertiary/aromatic N) is 1. The molecule has 0 saturated carbocycles. The first kappa shape index (κ1) is 15.6. The van der Waals surface area contributed by atoms with E-state index < -0.39 is 30.7 Å². The van der Waals surface area contributed by atoms with Gasteiger partial charge < -0.3 is 15.4 Å². The Morgan fingerprint density at radius 3 is 2.74 bits per heavy atom. The second kappa shape index (κ2) is 6.62. The summed E-state index contributed by atoms with van der Waals surface area (Å²) >= 11 is 1.09. The highest BCUT2D eigenvalue weighted by molar-refractivity contribution is 7.98. The molecule has 1 heterocycles. The van der Waals surface area contributed by atoms with Crippen LogP contribution < -0.4 is 11.0 Å². The summed E-state index contributed by atoms with van der Waals surface area (Å²) in [5.41, 5.74) is -0.201. The Morgan fingerprint density at radius 1 is 1.58 bits per heavy atom. The number of aliphatic hydroxyl groups excluding tert-OH is 1. The van der Waals surface area contributed by atoms with E-state index in [9.17, 15) is 18.4 Å². The zero-order chi connectivity index (χ0) is 14.6.